The Morgan fingerprint density at radius 3 is 2.35 bits per heavy atom. The van der Waals surface area contributed by atoms with E-state index in [0.717, 1.165) is 28.5 Å². The van der Waals surface area contributed by atoms with Crippen LogP contribution >= 0.6 is 11.8 Å². The summed E-state index contributed by atoms with van der Waals surface area (Å²) in [5.41, 5.74) is 1.58. The Balaban J connectivity index is 1.91. The third-order valence-electron chi connectivity index (χ3n) is 3.25. The van der Waals surface area contributed by atoms with Crippen LogP contribution in [-0.4, -0.2) is 22.5 Å². The fourth-order valence-corrected chi connectivity index (χ4v) is 2.99. The molecule has 0 saturated carbocycles. The van der Waals surface area contributed by atoms with Gasteiger partial charge in [0.25, 0.3) is 11.1 Å². The molecule has 1 saturated heterocycles. The Bertz CT molecular complexity index is 827. The summed E-state index contributed by atoms with van der Waals surface area (Å²) in [5.74, 6) is -0.458. The molecule has 1 N–H and O–H groups in total. The number of phenolic OH excluding ortho intramolecular Hbond substituents is 1. The zero-order chi connectivity index (χ0) is 16.4. The van der Waals surface area contributed by atoms with E-state index in [-0.39, 0.29) is 10.7 Å². The molecule has 1 aliphatic heterocycles. The molecule has 0 radical (unpaired) electrons. The first kappa shape index (κ1) is 15.1. The van der Waals surface area contributed by atoms with Gasteiger partial charge >= 0.3 is 0 Å². The van der Waals surface area contributed by atoms with Crippen LogP contribution in [0.15, 0.2) is 53.4 Å². The molecule has 2 aromatic carbocycles. The largest absolute Gasteiger partial charge is 0.508 e. The summed E-state index contributed by atoms with van der Waals surface area (Å²) in [5, 5.41) is 9.08. The summed E-state index contributed by atoms with van der Waals surface area (Å²) >= 11 is 0.835. The summed E-state index contributed by atoms with van der Waals surface area (Å²) in [6.45, 7) is 0. The van der Waals surface area contributed by atoms with Crippen molar-refractivity contribution in [3.05, 3.63) is 64.6 Å². The van der Waals surface area contributed by atoms with E-state index in [4.69, 9.17) is 0 Å². The maximum absolute atomic E-state index is 12.4. The fourth-order valence-electron chi connectivity index (χ4n) is 2.14. The Morgan fingerprint density at radius 2 is 1.70 bits per heavy atom. The number of aromatic hydroxyl groups is 1. The first-order valence-corrected chi connectivity index (χ1v) is 7.52. The van der Waals surface area contributed by atoms with E-state index in [2.05, 4.69) is 0 Å². The Morgan fingerprint density at radius 1 is 1.00 bits per heavy atom. The lowest BCUT2D eigenvalue weighted by molar-refractivity contribution is -0.113. The third-order valence-corrected chi connectivity index (χ3v) is 4.12. The molecule has 0 spiro atoms. The highest BCUT2D eigenvalue weighted by Crippen LogP contribution is 2.36. The van der Waals surface area contributed by atoms with Crippen molar-refractivity contribution in [2.75, 3.05) is 4.90 Å². The van der Waals surface area contributed by atoms with Crippen molar-refractivity contribution in [1.82, 2.24) is 0 Å². The van der Waals surface area contributed by atoms with Crippen molar-refractivity contribution in [2.24, 2.45) is 0 Å². The average Bonchev–Trinajstić information content (AvgIpc) is 2.82. The Hall–Kier alpha value is -2.86. The van der Waals surface area contributed by atoms with Crippen LogP contribution in [0.1, 0.15) is 15.9 Å². The summed E-state index contributed by atoms with van der Waals surface area (Å²) in [6, 6.07) is 12.6. The van der Waals surface area contributed by atoms with Crippen molar-refractivity contribution in [3.8, 4) is 5.75 Å². The number of rotatable bonds is 3. The molecule has 5 nitrogen and oxygen atoms in total. The molecule has 0 bridgehead atoms. The molecular weight excluding hydrogens is 314 g/mol. The van der Waals surface area contributed by atoms with Crippen molar-refractivity contribution < 1.29 is 19.5 Å². The van der Waals surface area contributed by atoms with E-state index in [1.54, 1.807) is 42.5 Å². The first-order chi connectivity index (χ1) is 11.1. The van der Waals surface area contributed by atoms with E-state index in [1.807, 2.05) is 0 Å². The lowest BCUT2D eigenvalue weighted by atomic mass is 10.1. The molecular formula is C17H11NO4S. The minimum Gasteiger partial charge on any atom is -0.508 e. The van der Waals surface area contributed by atoms with E-state index < -0.39 is 11.1 Å². The second-order valence-electron chi connectivity index (χ2n) is 4.82. The number of amides is 2. The molecule has 23 heavy (non-hydrogen) atoms. The Labute approximate surface area is 136 Å². The van der Waals surface area contributed by atoms with Crippen LogP contribution in [-0.2, 0) is 4.79 Å². The van der Waals surface area contributed by atoms with E-state index in [0.29, 0.717) is 11.3 Å². The number of thioether (sulfide) groups is 1. The highest BCUT2D eigenvalue weighted by Gasteiger charge is 2.36. The summed E-state index contributed by atoms with van der Waals surface area (Å²) in [6.07, 6.45) is 2.34. The number of anilines is 1. The first-order valence-electron chi connectivity index (χ1n) is 6.71. The van der Waals surface area contributed by atoms with Crippen LogP contribution in [0.5, 0.6) is 5.75 Å². The molecule has 0 aliphatic carbocycles. The molecule has 0 unspecified atom stereocenters. The second kappa shape index (κ2) is 6.10. The normalized spacial score (nSPS) is 16.2. The number of carbonyl (C=O) groups is 3. The van der Waals surface area contributed by atoms with Gasteiger partial charge in [-0.2, -0.15) is 0 Å². The molecule has 6 heteroatoms. The highest BCUT2D eigenvalue weighted by molar-refractivity contribution is 8.19. The van der Waals surface area contributed by atoms with Gasteiger partial charge in [-0.25, -0.2) is 4.90 Å². The number of benzene rings is 2. The van der Waals surface area contributed by atoms with Crippen LogP contribution in [0, 0.1) is 0 Å². The quantitative estimate of drug-likeness (QED) is 0.691. The molecule has 2 amide bonds. The van der Waals surface area contributed by atoms with Gasteiger partial charge in [0.1, 0.15) is 12.0 Å². The monoisotopic (exact) mass is 325 g/mol. The summed E-state index contributed by atoms with van der Waals surface area (Å²) in [4.78, 5) is 36.5. The van der Waals surface area contributed by atoms with Crippen molar-refractivity contribution >= 4 is 41.0 Å². The zero-order valence-electron chi connectivity index (χ0n) is 11.8. The van der Waals surface area contributed by atoms with Gasteiger partial charge in [0.2, 0.25) is 0 Å². The van der Waals surface area contributed by atoms with Gasteiger partial charge in [0.05, 0.1) is 10.6 Å². The SMILES string of the molecule is O=Cc1ccc(/C=C2\SC(=O)N(c3cccc(O)c3)C2=O)cc1. The van der Waals surface area contributed by atoms with Crippen LogP contribution in [0.4, 0.5) is 10.5 Å². The van der Waals surface area contributed by atoms with Gasteiger partial charge in [0, 0.05) is 11.6 Å². The smallest absolute Gasteiger partial charge is 0.298 e. The molecule has 3 rings (SSSR count). The summed E-state index contributed by atoms with van der Waals surface area (Å²) in [7, 11) is 0. The average molecular weight is 325 g/mol. The van der Waals surface area contributed by atoms with Gasteiger partial charge in [-0.05, 0) is 35.5 Å². The maximum Gasteiger partial charge on any atom is 0.298 e. The molecule has 114 valence electrons. The van der Waals surface area contributed by atoms with Gasteiger partial charge in [0.15, 0.2) is 0 Å². The number of aldehydes is 1. The highest BCUT2D eigenvalue weighted by atomic mass is 32.2. The number of nitrogens with zero attached hydrogens (tertiary/aromatic N) is 1. The molecule has 0 aromatic heterocycles. The number of hydrogen-bond acceptors (Lipinski definition) is 5. The minimum atomic E-state index is -0.440. The van der Waals surface area contributed by atoms with Crippen molar-refractivity contribution in [3.63, 3.8) is 0 Å². The molecule has 0 atom stereocenters. The number of imide groups is 1. The predicted molar refractivity (Wildman–Crippen MR) is 88.4 cm³/mol. The minimum absolute atomic E-state index is 0.0185. The second-order valence-corrected chi connectivity index (χ2v) is 5.81. The predicted octanol–water partition coefficient (Wildman–Crippen LogP) is 3.45. The number of phenols is 1. The fraction of sp³-hybridized carbons (Fsp3) is 0. The van der Waals surface area contributed by atoms with Gasteiger partial charge in [-0.15, -0.1) is 0 Å². The van der Waals surface area contributed by atoms with Crippen LogP contribution in [0.2, 0.25) is 0 Å². The molecule has 1 heterocycles. The number of hydrogen-bond donors (Lipinski definition) is 1. The maximum atomic E-state index is 12.4. The third kappa shape index (κ3) is 3.02. The lowest BCUT2D eigenvalue weighted by Gasteiger charge is -2.12. The van der Waals surface area contributed by atoms with Gasteiger partial charge in [-0.1, -0.05) is 30.3 Å². The number of carbonyl (C=O) groups excluding carboxylic acids is 3. The van der Waals surface area contributed by atoms with Crippen LogP contribution in [0.25, 0.3) is 6.08 Å². The van der Waals surface area contributed by atoms with Gasteiger partial charge < -0.3 is 5.11 Å². The summed E-state index contributed by atoms with van der Waals surface area (Å²) < 4.78 is 0. The Kier molecular flexibility index (Phi) is 3.99. The molecule has 1 fully saturated rings. The van der Waals surface area contributed by atoms with E-state index in [9.17, 15) is 19.5 Å². The standard InChI is InChI=1S/C17H11NO4S/c19-10-12-6-4-11(5-7-12)8-15-16(21)18(17(22)23-15)13-2-1-3-14(20)9-13/h1-10,20H/b15-8-. The van der Waals surface area contributed by atoms with Crippen molar-refractivity contribution in [2.45, 2.75) is 0 Å². The van der Waals surface area contributed by atoms with E-state index >= 15 is 0 Å². The molecule has 1 aliphatic rings. The zero-order valence-corrected chi connectivity index (χ0v) is 12.6. The van der Waals surface area contributed by atoms with E-state index in [1.165, 1.54) is 12.1 Å². The van der Waals surface area contributed by atoms with Gasteiger partial charge in [-0.3, -0.25) is 14.4 Å². The van der Waals surface area contributed by atoms with Crippen molar-refractivity contribution in [1.29, 1.82) is 0 Å². The van der Waals surface area contributed by atoms with Crippen LogP contribution < -0.4 is 4.90 Å². The topological polar surface area (TPSA) is 74.7 Å². The molecule has 2 aromatic rings. The van der Waals surface area contributed by atoms with Crippen LogP contribution in [0.3, 0.4) is 0 Å². The lowest BCUT2D eigenvalue weighted by Crippen LogP contribution is -2.27.